The fourth-order valence-electron chi connectivity index (χ4n) is 4.32. The highest BCUT2D eigenvalue weighted by Crippen LogP contribution is 2.22. The van der Waals surface area contributed by atoms with E-state index >= 15 is 0 Å². The van der Waals surface area contributed by atoms with Crippen molar-refractivity contribution < 1.29 is 29.4 Å². The largest absolute Gasteiger partial charge is 0.480 e. The topological polar surface area (TPSA) is 174 Å². The first kappa shape index (κ1) is 31.6. The molecule has 41 heavy (non-hydrogen) atoms. The Morgan fingerprint density at radius 3 is 2.49 bits per heavy atom. The first-order valence-corrected chi connectivity index (χ1v) is 13.7. The Kier molecular flexibility index (Phi) is 10.2. The number of hydrogen-bond acceptors (Lipinski definition) is 8. The van der Waals surface area contributed by atoms with Crippen molar-refractivity contribution in [1.82, 2.24) is 31.0 Å². The van der Waals surface area contributed by atoms with Crippen LogP contribution in [0.25, 0.3) is 17.0 Å². The van der Waals surface area contributed by atoms with Gasteiger partial charge >= 0.3 is 5.97 Å². The lowest BCUT2D eigenvalue weighted by molar-refractivity contribution is -0.148. The quantitative estimate of drug-likeness (QED) is 0.287. The van der Waals surface area contributed by atoms with E-state index in [-0.39, 0.29) is 11.8 Å². The molecule has 1 saturated heterocycles. The molecule has 1 aliphatic heterocycles. The number of amides is 3. The zero-order valence-electron chi connectivity index (χ0n) is 24.3. The van der Waals surface area contributed by atoms with Crippen LogP contribution in [0.5, 0.6) is 0 Å². The second-order valence-electron chi connectivity index (χ2n) is 11.4. The van der Waals surface area contributed by atoms with E-state index in [4.69, 9.17) is 0 Å². The second-order valence-corrected chi connectivity index (χ2v) is 11.4. The smallest absolute Gasteiger partial charge is 0.322 e. The number of carbonyl (C=O) groups is 4. The summed E-state index contributed by atoms with van der Waals surface area (Å²) in [6.45, 7) is 10.5. The Hall–Kier alpha value is -3.90. The lowest BCUT2D eigenvalue weighted by atomic mass is 9.89. The van der Waals surface area contributed by atoms with Crippen LogP contribution < -0.4 is 16.1 Å². The number of nitrogens with one attached hydrogen (secondary N) is 3. The number of benzene rings is 1. The van der Waals surface area contributed by atoms with Gasteiger partial charge in [0.05, 0.1) is 10.9 Å². The van der Waals surface area contributed by atoms with Gasteiger partial charge in [0.25, 0.3) is 5.91 Å². The third kappa shape index (κ3) is 8.08. The van der Waals surface area contributed by atoms with E-state index in [9.17, 15) is 29.4 Å². The molecule has 1 aromatic carbocycles. The zero-order valence-corrected chi connectivity index (χ0v) is 24.3. The maximum atomic E-state index is 13.3. The molecule has 5 N–H and O–H groups in total. The number of aromatic nitrogens is 2. The van der Waals surface area contributed by atoms with Crippen molar-refractivity contribution in [2.45, 2.75) is 78.6 Å². The van der Waals surface area contributed by atoms with Crippen LogP contribution in [0.3, 0.4) is 0 Å². The van der Waals surface area contributed by atoms with Gasteiger partial charge in [-0.3, -0.25) is 24.2 Å². The molecule has 12 heteroatoms. The average Bonchev–Trinajstić information content (AvgIpc) is 2.93. The molecular weight excluding hydrogens is 528 g/mol. The number of rotatable bonds is 10. The maximum absolute atomic E-state index is 13.3. The summed E-state index contributed by atoms with van der Waals surface area (Å²) in [5.74, 6) is -2.33. The highest BCUT2D eigenvalue weighted by atomic mass is 16.4. The Morgan fingerprint density at radius 1 is 1.15 bits per heavy atom. The molecule has 12 nitrogen and oxygen atoms in total. The van der Waals surface area contributed by atoms with Gasteiger partial charge in [-0.1, -0.05) is 38.1 Å². The summed E-state index contributed by atoms with van der Waals surface area (Å²) in [5, 5.41) is 26.6. The van der Waals surface area contributed by atoms with Crippen LogP contribution in [-0.4, -0.2) is 73.6 Å². The van der Waals surface area contributed by atoms with Crippen molar-refractivity contribution in [1.29, 1.82) is 0 Å². The van der Waals surface area contributed by atoms with Crippen molar-refractivity contribution in [3.8, 4) is 0 Å². The highest BCUT2D eigenvalue weighted by Gasteiger charge is 2.34. The summed E-state index contributed by atoms with van der Waals surface area (Å²) in [6, 6.07) is 2.88. The molecule has 0 saturated carbocycles. The van der Waals surface area contributed by atoms with E-state index in [2.05, 4.69) is 26.0 Å². The molecule has 0 bridgehead atoms. The van der Waals surface area contributed by atoms with Crippen molar-refractivity contribution >= 4 is 40.7 Å². The zero-order chi connectivity index (χ0) is 30.5. The molecule has 4 atom stereocenters. The van der Waals surface area contributed by atoms with Gasteiger partial charge < -0.3 is 20.8 Å². The maximum Gasteiger partial charge on any atom is 0.322 e. The Balaban J connectivity index is 1.66. The Morgan fingerprint density at radius 2 is 1.85 bits per heavy atom. The van der Waals surface area contributed by atoms with Gasteiger partial charge in [0.15, 0.2) is 5.82 Å². The van der Waals surface area contributed by atoms with E-state index in [1.807, 2.05) is 18.2 Å². The number of carbonyl (C=O) groups excluding carboxylic acids is 3. The van der Waals surface area contributed by atoms with Gasteiger partial charge in [0, 0.05) is 18.1 Å². The first-order valence-electron chi connectivity index (χ1n) is 13.7. The summed E-state index contributed by atoms with van der Waals surface area (Å²) < 4.78 is 0. The van der Waals surface area contributed by atoms with E-state index < -0.39 is 47.4 Å². The van der Waals surface area contributed by atoms with Crippen LogP contribution in [0.15, 0.2) is 30.5 Å². The van der Waals surface area contributed by atoms with Gasteiger partial charge in [-0.25, -0.2) is 15.4 Å². The molecule has 2 aromatic rings. The molecule has 222 valence electrons. The van der Waals surface area contributed by atoms with E-state index in [0.717, 1.165) is 10.9 Å². The summed E-state index contributed by atoms with van der Waals surface area (Å²) in [6.07, 6.45) is 5.33. The van der Waals surface area contributed by atoms with Crippen LogP contribution in [0.4, 0.5) is 0 Å². The van der Waals surface area contributed by atoms with E-state index in [1.54, 1.807) is 53.0 Å². The number of hydrogen-bond donors (Lipinski definition) is 5. The summed E-state index contributed by atoms with van der Waals surface area (Å²) in [5.41, 5.74) is 3.18. The molecule has 0 radical (unpaired) electrons. The Labute approximate surface area is 239 Å². The fraction of sp³-hybridized carbons (Fsp3) is 0.517. The number of aliphatic carboxylic acids is 1. The van der Waals surface area contributed by atoms with Crippen LogP contribution in [0.2, 0.25) is 0 Å². The van der Waals surface area contributed by atoms with Crippen molar-refractivity contribution in [2.75, 3.05) is 6.54 Å². The van der Waals surface area contributed by atoms with Gasteiger partial charge in [-0.05, 0) is 58.1 Å². The SMILES string of the molecule is CC(O)c1ncc2ccc(/C=C/C(C)(C)C(=O)N[C@H](C(=O)N[C@@H](C)C(=O)N3CCC[C@@H](C(=O)O)N3)C(C)C)cc2n1. The van der Waals surface area contributed by atoms with Gasteiger partial charge in [0.2, 0.25) is 11.8 Å². The van der Waals surface area contributed by atoms with Crippen LogP contribution in [0.1, 0.15) is 71.9 Å². The predicted octanol–water partition coefficient (Wildman–Crippen LogP) is 1.95. The lowest BCUT2D eigenvalue weighted by Gasteiger charge is -2.34. The number of hydrazine groups is 1. The minimum atomic E-state index is -1.04. The molecule has 3 amide bonds. The van der Waals surface area contributed by atoms with Crippen molar-refractivity contribution in [3.63, 3.8) is 0 Å². The second kappa shape index (κ2) is 13.2. The fourth-order valence-corrected chi connectivity index (χ4v) is 4.32. The average molecular weight is 569 g/mol. The number of carboxylic acids is 1. The molecular formula is C29H40N6O6. The number of aliphatic hydroxyl groups is 1. The predicted molar refractivity (Wildman–Crippen MR) is 153 cm³/mol. The summed E-state index contributed by atoms with van der Waals surface area (Å²) in [7, 11) is 0. The van der Waals surface area contributed by atoms with Crippen LogP contribution in [-0.2, 0) is 19.2 Å². The molecule has 1 fully saturated rings. The van der Waals surface area contributed by atoms with Crippen molar-refractivity contribution in [2.24, 2.45) is 11.3 Å². The van der Waals surface area contributed by atoms with E-state index in [0.29, 0.717) is 30.7 Å². The van der Waals surface area contributed by atoms with E-state index in [1.165, 1.54) is 11.9 Å². The minimum Gasteiger partial charge on any atom is -0.480 e. The highest BCUT2D eigenvalue weighted by molar-refractivity contribution is 5.94. The summed E-state index contributed by atoms with van der Waals surface area (Å²) in [4.78, 5) is 59.1. The monoisotopic (exact) mass is 568 g/mol. The number of nitrogens with zero attached hydrogens (tertiary/aromatic N) is 3. The number of carboxylic acid groups (broad SMARTS) is 1. The molecule has 0 spiro atoms. The summed E-state index contributed by atoms with van der Waals surface area (Å²) >= 11 is 0. The van der Waals surface area contributed by atoms with Crippen LogP contribution in [0, 0.1) is 11.3 Å². The third-order valence-electron chi connectivity index (χ3n) is 6.99. The number of fused-ring (bicyclic) bond motifs is 1. The Bertz CT molecular complexity index is 1320. The first-order chi connectivity index (χ1) is 19.2. The van der Waals surface area contributed by atoms with Crippen molar-refractivity contribution in [3.05, 3.63) is 41.9 Å². The molecule has 0 aliphatic carbocycles. The standard InChI is InChI=1S/C29H40N6O6/c1-16(2)23(25(37)31-17(3)26(38)35-13-7-8-21(34-35)27(39)40)33-28(41)29(5,6)12-11-19-9-10-20-15-30-24(18(4)36)32-22(20)14-19/h9-12,14-18,21,23,34,36H,7-8,13H2,1-6H3,(H,31,37)(H,33,41)(H,39,40)/b12-11+/t17-,18?,21-,23-/m0/s1. The molecule has 1 aromatic heterocycles. The van der Waals surface area contributed by atoms with Gasteiger partial charge in [0.1, 0.15) is 24.2 Å². The number of aliphatic hydroxyl groups excluding tert-OH is 1. The van der Waals surface area contributed by atoms with Gasteiger partial charge in [-0.2, -0.15) is 0 Å². The minimum absolute atomic E-state index is 0.270. The van der Waals surface area contributed by atoms with Crippen LogP contribution >= 0.6 is 0 Å². The molecule has 1 aliphatic rings. The molecule has 2 heterocycles. The molecule has 1 unspecified atom stereocenters. The van der Waals surface area contributed by atoms with Gasteiger partial charge in [-0.15, -0.1) is 0 Å². The molecule has 3 rings (SSSR count). The lowest BCUT2D eigenvalue weighted by Crippen LogP contribution is -2.61. The third-order valence-corrected chi connectivity index (χ3v) is 6.99. The normalized spacial score (nSPS) is 18.2.